The summed E-state index contributed by atoms with van der Waals surface area (Å²) in [5, 5.41) is 13.8. The summed E-state index contributed by atoms with van der Waals surface area (Å²) < 4.78 is 13.0. The van der Waals surface area contributed by atoms with Crippen molar-refractivity contribution in [2.75, 3.05) is 42.6 Å². The number of fused-ring (bicyclic) bond motifs is 1. The van der Waals surface area contributed by atoms with Gasteiger partial charge >= 0.3 is 5.97 Å². The van der Waals surface area contributed by atoms with Crippen LogP contribution in [0, 0.1) is 11.8 Å². The summed E-state index contributed by atoms with van der Waals surface area (Å²) in [6, 6.07) is 23.9. The lowest BCUT2D eigenvalue weighted by Gasteiger charge is -2.39. The molecule has 6 rings (SSSR count). The van der Waals surface area contributed by atoms with Crippen LogP contribution in [0.15, 0.2) is 110 Å². The van der Waals surface area contributed by atoms with Crippen LogP contribution in [-0.4, -0.2) is 84.2 Å². The highest BCUT2D eigenvalue weighted by Gasteiger charge is 2.76. The summed E-state index contributed by atoms with van der Waals surface area (Å²) in [6.45, 7) is 13.2. The minimum absolute atomic E-state index is 0.0329. The fraction of sp³-hybridized carbons (Fsp3) is 0.409. The lowest BCUT2D eigenvalue weighted by atomic mass is 9.70. The molecular weight excluding hydrogens is 697 g/mol. The zero-order chi connectivity index (χ0) is 39.1. The molecule has 2 N–H and O–H groups in total. The molecular formula is C44H52N4O7. The molecule has 0 radical (unpaired) electrons. The maximum absolute atomic E-state index is 15.2. The number of esters is 1. The number of carbonyl (C=O) groups excluding carboxylic acids is 4. The number of likely N-dealkylation sites (tertiary alicyclic amines) is 1. The average Bonchev–Trinajstić information content (AvgIpc) is 3.86. The smallest absolute Gasteiger partial charge is 0.313 e. The van der Waals surface area contributed by atoms with Crippen molar-refractivity contribution < 1.29 is 33.8 Å². The first-order valence-corrected chi connectivity index (χ1v) is 19.3. The zero-order valence-corrected chi connectivity index (χ0v) is 31.7. The van der Waals surface area contributed by atoms with Gasteiger partial charge in [-0.05, 0) is 68.5 Å². The molecule has 0 saturated carbocycles. The molecule has 3 heterocycles. The fourth-order valence-corrected chi connectivity index (χ4v) is 8.68. The van der Waals surface area contributed by atoms with Crippen molar-refractivity contribution in [1.29, 1.82) is 0 Å². The van der Waals surface area contributed by atoms with E-state index in [-0.39, 0.29) is 31.3 Å². The summed E-state index contributed by atoms with van der Waals surface area (Å²) in [5.74, 6) is -3.73. The number of nitrogens with one attached hydrogen (secondary N) is 1. The molecule has 55 heavy (non-hydrogen) atoms. The molecule has 3 aliphatic heterocycles. The molecule has 3 amide bonds. The molecule has 0 aromatic heterocycles. The summed E-state index contributed by atoms with van der Waals surface area (Å²) >= 11 is 0. The molecule has 2 bridgehead atoms. The van der Waals surface area contributed by atoms with Crippen LogP contribution in [0.25, 0.3) is 0 Å². The molecule has 3 aromatic rings. The highest BCUT2D eigenvalue weighted by atomic mass is 16.6. The lowest BCUT2D eigenvalue weighted by Crippen LogP contribution is -2.57. The Morgan fingerprint density at radius 3 is 2.20 bits per heavy atom. The first kappa shape index (κ1) is 39.4. The summed E-state index contributed by atoms with van der Waals surface area (Å²) in [4.78, 5) is 62.5. The van der Waals surface area contributed by atoms with Crippen LogP contribution in [0.3, 0.4) is 0 Å². The first-order chi connectivity index (χ1) is 26.7. The van der Waals surface area contributed by atoms with Crippen LogP contribution < -0.4 is 15.1 Å². The van der Waals surface area contributed by atoms with Gasteiger partial charge in [-0.2, -0.15) is 0 Å². The Bertz CT molecular complexity index is 1830. The Balaban J connectivity index is 1.37. The third kappa shape index (κ3) is 7.68. The minimum atomic E-state index is -1.35. The Labute approximate surface area is 323 Å². The van der Waals surface area contributed by atoms with E-state index in [4.69, 9.17) is 9.47 Å². The Hall–Kier alpha value is -5.26. The third-order valence-electron chi connectivity index (χ3n) is 11.3. The maximum atomic E-state index is 15.2. The maximum Gasteiger partial charge on any atom is 0.313 e. The van der Waals surface area contributed by atoms with Crippen molar-refractivity contribution in [3.05, 3.63) is 121 Å². The molecule has 3 aliphatic rings. The molecule has 1 spiro atoms. The molecule has 3 fully saturated rings. The van der Waals surface area contributed by atoms with Crippen molar-refractivity contribution in [2.24, 2.45) is 11.8 Å². The second-order valence-corrected chi connectivity index (χ2v) is 14.3. The van der Waals surface area contributed by atoms with E-state index >= 15 is 9.59 Å². The fourth-order valence-electron chi connectivity index (χ4n) is 8.68. The summed E-state index contributed by atoms with van der Waals surface area (Å²) in [6.07, 6.45) is 3.36. The molecule has 290 valence electrons. The topological polar surface area (TPSA) is 129 Å². The van der Waals surface area contributed by atoms with Crippen LogP contribution in [0.4, 0.5) is 11.4 Å². The molecule has 0 unspecified atom stereocenters. The Morgan fingerprint density at radius 2 is 1.60 bits per heavy atom. The number of ether oxygens (including phenoxy) is 2. The van der Waals surface area contributed by atoms with E-state index < -0.39 is 60.2 Å². The number of amides is 3. The van der Waals surface area contributed by atoms with E-state index in [9.17, 15) is 14.7 Å². The van der Waals surface area contributed by atoms with Crippen LogP contribution in [0.2, 0.25) is 0 Å². The summed E-state index contributed by atoms with van der Waals surface area (Å²) in [7, 11) is 0. The number of hydrogen-bond acceptors (Lipinski definition) is 8. The SMILES string of the molecule is C=CCCC(=O)NC[C@H](OC(=O)[C@@H]1[C@@H]2CC[C@]3(O2)[C@H](C(=O)N(CC=C)c2ccc(N(CC)CC)cc2)N([C@H](CO)c2ccccc2)C(=O)[C@@H]13)c1ccccc1. The van der Waals surface area contributed by atoms with E-state index in [1.165, 1.54) is 4.90 Å². The number of anilines is 2. The number of benzene rings is 3. The quantitative estimate of drug-likeness (QED) is 0.129. The number of rotatable bonds is 18. The van der Waals surface area contributed by atoms with Crippen molar-refractivity contribution in [3.8, 4) is 0 Å². The van der Waals surface area contributed by atoms with Crippen molar-refractivity contribution in [1.82, 2.24) is 10.2 Å². The predicted octanol–water partition coefficient (Wildman–Crippen LogP) is 5.53. The highest BCUT2D eigenvalue weighted by molar-refractivity contribution is 6.05. The van der Waals surface area contributed by atoms with Gasteiger partial charge in [-0.1, -0.05) is 72.8 Å². The standard InChI is InChI=1S/C44H52N4O7/c1-5-9-20-37(50)45-28-36(31-18-14-11-15-19-31)54-43(53)38-35-25-26-44(55-35)39(38)41(51)48(34(29-49)30-16-12-10-13-17-30)40(44)42(52)47(27-6-2)33-23-21-32(22-24-33)46(7-3)8-4/h5-6,10-19,21-24,34-36,38-40,49H,1-2,7-9,20,25-29H2,3-4H3,(H,45,50)/t34-,35+,36+,38-,39-,40+,44-/m1/s1. The number of nitrogens with zero attached hydrogens (tertiary/aromatic N) is 3. The Morgan fingerprint density at radius 1 is 0.964 bits per heavy atom. The van der Waals surface area contributed by atoms with Gasteiger partial charge in [0.05, 0.1) is 37.1 Å². The van der Waals surface area contributed by atoms with Gasteiger partial charge in [0.1, 0.15) is 17.7 Å². The van der Waals surface area contributed by atoms with Crippen LogP contribution in [0.5, 0.6) is 0 Å². The molecule has 3 aromatic carbocycles. The van der Waals surface area contributed by atoms with Gasteiger partial charge in [0.2, 0.25) is 11.8 Å². The van der Waals surface area contributed by atoms with Crippen molar-refractivity contribution in [2.45, 2.75) is 69.4 Å². The van der Waals surface area contributed by atoms with E-state index in [1.807, 2.05) is 84.9 Å². The highest BCUT2D eigenvalue weighted by Crippen LogP contribution is 2.60. The van der Waals surface area contributed by atoms with Crippen molar-refractivity contribution in [3.63, 3.8) is 0 Å². The van der Waals surface area contributed by atoms with Crippen molar-refractivity contribution >= 4 is 35.1 Å². The number of carbonyl (C=O) groups is 4. The molecule has 11 heteroatoms. The zero-order valence-electron chi connectivity index (χ0n) is 31.7. The second-order valence-electron chi connectivity index (χ2n) is 14.3. The second kappa shape index (κ2) is 17.5. The third-order valence-corrected chi connectivity index (χ3v) is 11.3. The van der Waals surface area contributed by atoms with Crippen LogP contribution in [0.1, 0.15) is 62.8 Å². The van der Waals surface area contributed by atoms with E-state index in [0.29, 0.717) is 36.1 Å². The van der Waals surface area contributed by atoms with Crippen LogP contribution >= 0.6 is 0 Å². The number of aliphatic hydroxyl groups excluding tert-OH is 1. The van der Waals surface area contributed by atoms with Gasteiger partial charge in [0, 0.05) is 37.4 Å². The van der Waals surface area contributed by atoms with E-state index in [1.54, 1.807) is 17.1 Å². The molecule has 11 nitrogen and oxygen atoms in total. The molecule has 7 atom stereocenters. The monoisotopic (exact) mass is 748 g/mol. The molecule has 0 aliphatic carbocycles. The average molecular weight is 749 g/mol. The molecule has 3 saturated heterocycles. The number of allylic oxidation sites excluding steroid dienone is 1. The van der Waals surface area contributed by atoms with Gasteiger partial charge in [-0.15, -0.1) is 13.2 Å². The predicted molar refractivity (Wildman–Crippen MR) is 211 cm³/mol. The van der Waals surface area contributed by atoms with Gasteiger partial charge in [-0.3, -0.25) is 19.2 Å². The van der Waals surface area contributed by atoms with E-state index in [2.05, 4.69) is 37.2 Å². The summed E-state index contributed by atoms with van der Waals surface area (Å²) in [5.41, 5.74) is 1.62. The number of hydrogen-bond donors (Lipinski definition) is 2. The van der Waals surface area contributed by atoms with Gasteiger partial charge in [0.15, 0.2) is 0 Å². The minimum Gasteiger partial charge on any atom is -0.455 e. The largest absolute Gasteiger partial charge is 0.455 e. The van der Waals surface area contributed by atoms with Gasteiger partial charge < -0.3 is 34.6 Å². The van der Waals surface area contributed by atoms with Crippen LogP contribution in [-0.2, 0) is 28.7 Å². The Kier molecular flexibility index (Phi) is 12.5. The first-order valence-electron chi connectivity index (χ1n) is 19.3. The van der Waals surface area contributed by atoms with E-state index in [0.717, 1.165) is 18.8 Å². The normalized spacial score (nSPS) is 23.4. The van der Waals surface area contributed by atoms with Gasteiger partial charge in [0.25, 0.3) is 5.91 Å². The van der Waals surface area contributed by atoms with Gasteiger partial charge in [-0.25, -0.2) is 0 Å². The number of aliphatic hydroxyl groups is 1. The lowest BCUT2D eigenvalue weighted by molar-refractivity contribution is -0.161.